The van der Waals surface area contributed by atoms with Gasteiger partial charge in [0.15, 0.2) is 0 Å². The minimum Gasteiger partial charge on any atom is -0.492 e. The Morgan fingerprint density at radius 1 is 0.667 bits per heavy atom. The molecular formula is C26H30O4. The van der Waals surface area contributed by atoms with Gasteiger partial charge in [-0.15, -0.1) is 0 Å². The van der Waals surface area contributed by atoms with Gasteiger partial charge < -0.3 is 18.9 Å². The summed E-state index contributed by atoms with van der Waals surface area (Å²) in [7, 11) is 0. The van der Waals surface area contributed by atoms with E-state index in [9.17, 15) is 0 Å². The number of benzene rings is 3. The average molecular weight is 407 g/mol. The minimum atomic E-state index is 0.0845. The van der Waals surface area contributed by atoms with Crippen LogP contribution in [0.2, 0.25) is 0 Å². The highest BCUT2D eigenvalue weighted by molar-refractivity contribution is 6.11. The quantitative estimate of drug-likeness (QED) is 0.511. The van der Waals surface area contributed by atoms with Crippen molar-refractivity contribution in [3.8, 4) is 11.5 Å². The standard InChI is InChI=1S/C26H30O4/c1-17-5-7-19-21(9-17)23(29-15-25(3)11-27-12-25)20-8-6-18(2)10-22(20)24(19)30-16-26(4)13-28-14-26/h5-10H,11-16H2,1-4H3. The monoisotopic (exact) mass is 406 g/mol. The largest absolute Gasteiger partial charge is 0.492 e. The van der Waals surface area contributed by atoms with Gasteiger partial charge in [0.25, 0.3) is 0 Å². The summed E-state index contributed by atoms with van der Waals surface area (Å²) < 4.78 is 23.9. The second-order valence-corrected chi connectivity index (χ2v) is 9.94. The summed E-state index contributed by atoms with van der Waals surface area (Å²) in [5.74, 6) is 1.89. The van der Waals surface area contributed by atoms with Crippen molar-refractivity contribution in [2.45, 2.75) is 27.7 Å². The highest BCUT2D eigenvalue weighted by Crippen LogP contribution is 2.45. The predicted molar refractivity (Wildman–Crippen MR) is 120 cm³/mol. The maximum absolute atomic E-state index is 6.51. The molecule has 0 N–H and O–H groups in total. The van der Waals surface area contributed by atoms with Crippen molar-refractivity contribution in [3.05, 3.63) is 47.5 Å². The first-order valence-corrected chi connectivity index (χ1v) is 10.7. The van der Waals surface area contributed by atoms with Gasteiger partial charge in [-0.2, -0.15) is 0 Å². The van der Waals surface area contributed by atoms with Gasteiger partial charge in [-0.3, -0.25) is 0 Å². The molecule has 4 nitrogen and oxygen atoms in total. The Balaban J connectivity index is 1.66. The lowest BCUT2D eigenvalue weighted by molar-refractivity contribution is -0.120. The van der Waals surface area contributed by atoms with E-state index in [4.69, 9.17) is 18.9 Å². The van der Waals surface area contributed by atoms with Crippen molar-refractivity contribution in [3.63, 3.8) is 0 Å². The maximum Gasteiger partial charge on any atom is 0.135 e. The van der Waals surface area contributed by atoms with Crippen LogP contribution in [0.5, 0.6) is 11.5 Å². The predicted octanol–water partition coefficient (Wildman–Crippen LogP) is 5.44. The van der Waals surface area contributed by atoms with Crippen LogP contribution in [0.4, 0.5) is 0 Å². The van der Waals surface area contributed by atoms with E-state index < -0.39 is 0 Å². The highest BCUT2D eigenvalue weighted by atomic mass is 16.5. The number of hydrogen-bond donors (Lipinski definition) is 0. The molecule has 2 aliphatic heterocycles. The van der Waals surface area contributed by atoms with Crippen molar-refractivity contribution in [1.29, 1.82) is 0 Å². The molecule has 0 atom stereocenters. The molecule has 0 aromatic heterocycles. The van der Waals surface area contributed by atoms with E-state index in [-0.39, 0.29) is 10.8 Å². The molecule has 2 fully saturated rings. The Hall–Kier alpha value is -2.30. The van der Waals surface area contributed by atoms with Crippen LogP contribution in [0.15, 0.2) is 36.4 Å². The molecule has 2 heterocycles. The molecular weight excluding hydrogens is 376 g/mol. The number of rotatable bonds is 6. The van der Waals surface area contributed by atoms with Gasteiger partial charge in [0, 0.05) is 32.4 Å². The van der Waals surface area contributed by atoms with Crippen LogP contribution in [0.3, 0.4) is 0 Å². The maximum atomic E-state index is 6.51. The molecule has 5 rings (SSSR count). The molecule has 0 radical (unpaired) electrons. The van der Waals surface area contributed by atoms with Crippen molar-refractivity contribution in [1.82, 2.24) is 0 Å². The molecule has 30 heavy (non-hydrogen) atoms. The first-order chi connectivity index (χ1) is 14.4. The van der Waals surface area contributed by atoms with Crippen LogP contribution in [0.1, 0.15) is 25.0 Å². The summed E-state index contributed by atoms with van der Waals surface area (Å²) in [6, 6.07) is 13.1. The highest BCUT2D eigenvalue weighted by Gasteiger charge is 2.36. The summed E-state index contributed by atoms with van der Waals surface area (Å²) in [4.78, 5) is 0. The summed E-state index contributed by atoms with van der Waals surface area (Å²) in [5, 5.41) is 4.43. The molecule has 2 aliphatic rings. The zero-order valence-electron chi connectivity index (χ0n) is 18.3. The second-order valence-electron chi connectivity index (χ2n) is 9.94. The van der Waals surface area contributed by atoms with Gasteiger partial charge >= 0.3 is 0 Å². The van der Waals surface area contributed by atoms with Crippen molar-refractivity contribution in [2.24, 2.45) is 10.8 Å². The lowest BCUT2D eigenvalue weighted by Gasteiger charge is -2.38. The Labute approximate surface area is 178 Å². The second kappa shape index (κ2) is 7.14. The first kappa shape index (κ1) is 19.7. The molecule has 0 spiro atoms. The third-order valence-corrected chi connectivity index (χ3v) is 6.26. The molecule has 3 aromatic rings. The number of hydrogen-bond acceptors (Lipinski definition) is 4. The zero-order chi connectivity index (χ0) is 20.9. The number of fused-ring (bicyclic) bond motifs is 2. The van der Waals surface area contributed by atoms with E-state index in [0.717, 1.165) is 59.5 Å². The summed E-state index contributed by atoms with van der Waals surface area (Å²) in [5.41, 5.74) is 2.59. The van der Waals surface area contributed by atoms with E-state index in [0.29, 0.717) is 13.2 Å². The minimum absolute atomic E-state index is 0.0845. The normalized spacial score (nSPS) is 19.3. The van der Waals surface area contributed by atoms with Gasteiger partial charge in [0.2, 0.25) is 0 Å². The van der Waals surface area contributed by atoms with Gasteiger partial charge in [-0.1, -0.05) is 49.2 Å². The van der Waals surface area contributed by atoms with Crippen LogP contribution < -0.4 is 9.47 Å². The lowest BCUT2D eigenvalue weighted by atomic mass is 9.89. The van der Waals surface area contributed by atoms with Crippen molar-refractivity contribution in [2.75, 3.05) is 39.6 Å². The summed E-state index contributed by atoms with van der Waals surface area (Å²) >= 11 is 0. The molecule has 0 aliphatic carbocycles. The van der Waals surface area contributed by atoms with Crippen LogP contribution in [-0.2, 0) is 9.47 Å². The van der Waals surface area contributed by atoms with Gasteiger partial charge in [0.1, 0.15) is 11.5 Å². The van der Waals surface area contributed by atoms with E-state index in [1.165, 1.54) is 11.1 Å². The van der Waals surface area contributed by atoms with Crippen LogP contribution in [0, 0.1) is 24.7 Å². The van der Waals surface area contributed by atoms with Gasteiger partial charge in [0.05, 0.1) is 39.6 Å². The third-order valence-electron chi connectivity index (χ3n) is 6.26. The molecule has 4 heteroatoms. The van der Waals surface area contributed by atoms with Crippen molar-refractivity contribution >= 4 is 21.5 Å². The fourth-order valence-corrected chi connectivity index (χ4v) is 4.25. The van der Waals surface area contributed by atoms with Gasteiger partial charge in [-0.25, -0.2) is 0 Å². The third kappa shape index (κ3) is 3.42. The Morgan fingerprint density at radius 2 is 1.07 bits per heavy atom. The first-order valence-electron chi connectivity index (χ1n) is 10.7. The molecule has 0 amide bonds. The smallest absolute Gasteiger partial charge is 0.135 e. The lowest BCUT2D eigenvalue weighted by Crippen LogP contribution is -2.44. The fraction of sp³-hybridized carbons (Fsp3) is 0.462. The van der Waals surface area contributed by atoms with Crippen LogP contribution >= 0.6 is 0 Å². The Kier molecular flexibility index (Phi) is 4.68. The average Bonchev–Trinajstić information content (AvgIpc) is 2.67. The van der Waals surface area contributed by atoms with E-state index in [1.807, 2.05) is 0 Å². The van der Waals surface area contributed by atoms with Crippen LogP contribution in [0.25, 0.3) is 21.5 Å². The fourth-order valence-electron chi connectivity index (χ4n) is 4.25. The van der Waals surface area contributed by atoms with Crippen LogP contribution in [-0.4, -0.2) is 39.6 Å². The molecule has 0 unspecified atom stereocenters. The number of aryl methyl sites for hydroxylation is 2. The Bertz CT molecular complexity index is 1020. The summed E-state index contributed by atoms with van der Waals surface area (Å²) in [6.45, 7) is 13.0. The SMILES string of the molecule is Cc1ccc2c(OCC3(C)COC3)c3cc(C)ccc3c(OCC3(C)COC3)c2c1. The summed E-state index contributed by atoms with van der Waals surface area (Å²) in [6.07, 6.45) is 0. The molecule has 158 valence electrons. The van der Waals surface area contributed by atoms with E-state index >= 15 is 0 Å². The molecule has 3 aromatic carbocycles. The van der Waals surface area contributed by atoms with Crippen molar-refractivity contribution < 1.29 is 18.9 Å². The zero-order valence-corrected chi connectivity index (χ0v) is 18.3. The van der Waals surface area contributed by atoms with E-state index in [1.54, 1.807) is 0 Å². The van der Waals surface area contributed by atoms with Gasteiger partial charge in [-0.05, 0) is 26.0 Å². The molecule has 0 saturated carbocycles. The van der Waals surface area contributed by atoms with E-state index in [2.05, 4.69) is 64.1 Å². The topological polar surface area (TPSA) is 36.9 Å². The Morgan fingerprint density at radius 3 is 1.40 bits per heavy atom. The molecule has 0 bridgehead atoms. The number of ether oxygens (including phenoxy) is 4. The molecule has 2 saturated heterocycles.